The molecular weight excluding hydrogens is 438 g/mol. The van der Waals surface area contributed by atoms with Gasteiger partial charge in [-0.3, -0.25) is 0 Å². The number of hydrogen-bond acceptors (Lipinski definition) is 5. The van der Waals surface area contributed by atoms with E-state index in [1.165, 1.54) is 0 Å². The summed E-state index contributed by atoms with van der Waals surface area (Å²) in [7, 11) is -0.686. The van der Waals surface area contributed by atoms with Crippen LogP contribution in [0.4, 0.5) is 0 Å². The van der Waals surface area contributed by atoms with Gasteiger partial charge < -0.3 is 14.6 Å². The standard InChI is InChI=1S/C23H28ClNO5S/c1-29-21-10-3-15(11-22(21)30-2)13-25(23-17-5-4-16(12-17)20(23)14-26)31(27,28)19-8-6-18(24)7-9-19/h3,6-11,16-17,20,23,26H,4-5,12-14H2,1-2H3. The highest BCUT2D eigenvalue weighted by Crippen LogP contribution is 2.51. The van der Waals surface area contributed by atoms with Crippen LogP contribution in [0.3, 0.4) is 0 Å². The van der Waals surface area contributed by atoms with E-state index in [4.69, 9.17) is 21.1 Å². The van der Waals surface area contributed by atoms with Crippen molar-refractivity contribution in [2.24, 2.45) is 17.8 Å². The van der Waals surface area contributed by atoms with Crippen LogP contribution in [-0.4, -0.2) is 44.7 Å². The van der Waals surface area contributed by atoms with Crippen LogP contribution in [0, 0.1) is 17.8 Å². The van der Waals surface area contributed by atoms with Gasteiger partial charge in [-0.2, -0.15) is 4.31 Å². The van der Waals surface area contributed by atoms with Gasteiger partial charge in [-0.15, -0.1) is 0 Å². The normalized spacial score (nSPS) is 25.2. The van der Waals surface area contributed by atoms with E-state index < -0.39 is 10.0 Å². The lowest BCUT2D eigenvalue weighted by Gasteiger charge is -2.38. The molecule has 0 amide bonds. The molecule has 1 N–H and O–H groups in total. The first-order valence-electron chi connectivity index (χ1n) is 10.5. The van der Waals surface area contributed by atoms with Gasteiger partial charge in [0, 0.05) is 30.1 Å². The van der Waals surface area contributed by atoms with E-state index in [0.717, 1.165) is 24.8 Å². The zero-order valence-corrected chi connectivity index (χ0v) is 19.3. The van der Waals surface area contributed by atoms with Gasteiger partial charge in [-0.1, -0.05) is 17.7 Å². The lowest BCUT2D eigenvalue weighted by Crippen LogP contribution is -2.48. The van der Waals surface area contributed by atoms with Crippen LogP contribution in [0.25, 0.3) is 0 Å². The predicted molar refractivity (Wildman–Crippen MR) is 119 cm³/mol. The van der Waals surface area contributed by atoms with Gasteiger partial charge in [0.05, 0.1) is 19.1 Å². The number of ether oxygens (including phenoxy) is 2. The Hall–Kier alpha value is -1.80. The molecule has 31 heavy (non-hydrogen) atoms. The summed E-state index contributed by atoms with van der Waals surface area (Å²) in [5, 5.41) is 10.6. The van der Waals surface area contributed by atoms with E-state index in [2.05, 4.69) is 0 Å². The highest BCUT2D eigenvalue weighted by Gasteiger charge is 2.52. The van der Waals surface area contributed by atoms with Gasteiger partial charge in [0.1, 0.15) is 0 Å². The van der Waals surface area contributed by atoms with Gasteiger partial charge in [0.2, 0.25) is 10.0 Å². The third-order valence-electron chi connectivity index (χ3n) is 6.79. The third-order valence-corrected chi connectivity index (χ3v) is 8.90. The van der Waals surface area contributed by atoms with Crippen molar-refractivity contribution in [1.29, 1.82) is 0 Å². The Labute approximate surface area is 188 Å². The second kappa shape index (κ2) is 8.98. The zero-order chi connectivity index (χ0) is 22.2. The Kier molecular flexibility index (Phi) is 6.49. The number of sulfonamides is 1. The molecule has 2 aliphatic rings. The number of rotatable bonds is 8. The molecule has 4 atom stereocenters. The van der Waals surface area contributed by atoms with Crippen LogP contribution in [0.15, 0.2) is 47.4 Å². The molecule has 168 valence electrons. The topological polar surface area (TPSA) is 76.1 Å². The molecule has 4 unspecified atom stereocenters. The number of nitrogens with zero attached hydrogens (tertiary/aromatic N) is 1. The van der Waals surface area contributed by atoms with Gasteiger partial charge >= 0.3 is 0 Å². The monoisotopic (exact) mass is 465 g/mol. The molecule has 2 aromatic rings. The van der Waals surface area contributed by atoms with E-state index in [1.54, 1.807) is 48.9 Å². The molecule has 0 spiro atoms. The number of benzene rings is 2. The van der Waals surface area contributed by atoms with E-state index in [-0.39, 0.29) is 35.9 Å². The quantitative estimate of drug-likeness (QED) is 0.638. The molecule has 2 saturated carbocycles. The van der Waals surface area contributed by atoms with Crippen molar-refractivity contribution in [3.8, 4) is 11.5 Å². The number of aliphatic hydroxyl groups is 1. The number of methoxy groups -OCH3 is 2. The van der Waals surface area contributed by atoms with Crippen molar-refractivity contribution in [2.45, 2.75) is 36.7 Å². The van der Waals surface area contributed by atoms with Crippen LogP contribution in [-0.2, 0) is 16.6 Å². The van der Waals surface area contributed by atoms with Gasteiger partial charge in [-0.05, 0) is 73.1 Å². The Morgan fingerprint density at radius 3 is 2.35 bits per heavy atom. The second-order valence-corrected chi connectivity index (χ2v) is 10.7. The van der Waals surface area contributed by atoms with E-state index in [9.17, 15) is 13.5 Å². The number of halogens is 1. The molecule has 2 fully saturated rings. The van der Waals surface area contributed by atoms with Crippen LogP contribution >= 0.6 is 11.6 Å². The molecule has 2 bridgehead atoms. The fourth-order valence-corrected chi connectivity index (χ4v) is 7.18. The smallest absolute Gasteiger partial charge is 0.243 e. The number of aliphatic hydroxyl groups excluding tert-OH is 1. The van der Waals surface area contributed by atoms with Crippen molar-refractivity contribution in [2.75, 3.05) is 20.8 Å². The van der Waals surface area contributed by atoms with Crippen molar-refractivity contribution in [3.63, 3.8) is 0 Å². The van der Waals surface area contributed by atoms with E-state index in [1.807, 2.05) is 12.1 Å². The largest absolute Gasteiger partial charge is 0.493 e. The molecule has 2 aromatic carbocycles. The summed E-state index contributed by atoms with van der Waals surface area (Å²) >= 11 is 5.99. The van der Waals surface area contributed by atoms with Crippen molar-refractivity contribution >= 4 is 21.6 Å². The van der Waals surface area contributed by atoms with Crippen LogP contribution in [0.5, 0.6) is 11.5 Å². The Balaban J connectivity index is 1.75. The fraction of sp³-hybridized carbons (Fsp3) is 0.478. The van der Waals surface area contributed by atoms with Crippen LogP contribution in [0.2, 0.25) is 5.02 Å². The summed E-state index contributed by atoms with van der Waals surface area (Å²) in [6.07, 6.45) is 3.01. The first-order valence-corrected chi connectivity index (χ1v) is 12.3. The first kappa shape index (κ1) is 22.4. The van der Waals surface area contributed by atoms with Crippen molar-refractivity contribution < 1.29 is 23.0 Å². The lowest BCUT2D eigenvalue weighted by molar-refractivity contribution is 0.101. The van der Waals surface area contributed by atoms with E-state index in [0.29, 0.717) is 22.4 Å². The minimum atomic E-state index is -3.81. The minimum absolute atomic E-state index is 0.00952. The Morgan fingerprint density at radius 2 is 1.71 bits per heavy atom. The molecule has 0 saturated heterocycles. The SMILES string of the molecule is COc1ccc(CN(C2C3CCC(C3)C2CO)S(=O)(=O)c2ccc(Cl)cc2)cc1OC. The molecular formula is C23H28ClNO5S. The summed E-state index contributed by atoms with van der Waals surface area (Å²) in [6.45, 7) is 0.181. The van der Waals surface area contributed by atoms with Crippen LogP contribution < -0.4 is 9.47 Å². The molecule has 0 heterocycles. The fourth-order valence-electron chi connectivity index (χ4n) is 5.34. The maximum absolute atomic E-state index is 13.8. The second-order valence-electron chi connectivity index (χ2n) is 8.36. The molecule has 6 nitrogen and oxygen atoms in total. The summed E-state index contributed by atoms with van der Waals surface area (Å²) in [4.78, 5) is 0.205. The van der Waals surface area contributed by atoms with Gasteiger partial charge in [0.15, 0.2) is 11.5 Å². The highest BCUT2D eigenvalue weighted by atomic mass is 35.5. The molecule has 0 aliphatic heterocycles. The van der Waals surface area contributed by atoms with E-state index >= 15 is 0 Å². The summed E-state index contributed by atoms with van der Waals surface area (Å²) in [5.41, 5.74) is 0.801. The van der Waals surface area contributed by atoms with Gasteiger partial charge in [0.25, 0.3) is 0 Å². The van der Waals surface area contributed by atoms with Crippen molar-refractivity contribution in [1.82, 2.24) is 4.31 Å². The third kappa shape index (κ3) is 4.16. The first-order chi connectivity index (χ1) is 14.9. The van der Waals surface area contributed by atoms with Gasteiger partial charge in [-0.25, -0.2) is 8.42 Å². The molecule has 2 aliphatic carbocycles. The number of hydrogen-bond donors (Lipinski definition) is 1. The average Bonchev–Trinajstić information content (AvgIpc) is 3.39. The maximum atomic E-state index is 13.8. The minimum Gasteiger partial charge on any atom is -0.493 e. The maximum Gasteiger partial charge on any atom is 0.243 e. The van der Waals surface area contributed by atoms with Crippen molar-refractivity contribution in [3.05, 3.63) is 53.1 Å². The Morgan fingerprint density at radius 1 is 1.03 bits per heavy atom. The highest BCUT2D eigenvalue weighted by molar-refractivity contribution is 7.89. The van der Waals surface area contributed by atoms with Crippen LogP contribution in [0.1, 0.15) is 24.8 Å². The molecule has 4 rings (SSSR count). The molecule has 0 aromatic heterocycles. The Bertz CT molecular complexity index is 1030. The predicted octanol–water partition coefficient (Wildman–Crippen LogP) is 3.96. The average molecular weight is 466 g/mol. The molecule has 8 heteroatoms. The number of fused-ring (bicyclic) bond motifs is 2. The molecule has 0 radical (unpaired) electrons. The summed E-state index contributed by atoms with van der Waals surface area (Å²) < 4.78 is 39.9. The summed E-state index contributed by atoms with van der Waals surface area (Å²) in [5.74, 6) is 1.71. The zero-order valence-electron chi connectivity index (χ0n) is 17.7. The summed E-state index contributed by atoms with van der Waals surface area (Å²) in [6, 6.07) is 11.5. The lowest BCUT2D eigenvalue weighted by atomic mass is 9.85.